The Hall–Kier alpha value is -3.86. The monoisotopic (exact) mass is 650 g/mol. The molecule has 2 atom stereocenters. The van der Waals surface area contributed by atoms with Crippen molar-refractivity contribution in [2.24, 2.45) is 11.8 Å². The van der Waals surface area contributed by atoms with Gasteiger partial charge in [-0.25, -0.2) is 14.8 Å². The summed E-state index contributed by atoms with van der Waals surface area (Å²) < 4.78 is 7.80. The number of aromatic nitrogens is 3. The van der Waals surface area contributed by atoms with Gasteiger partial charge in [0.25, 0.3) is 0 Å². The first-order valence-corrected chi connectivity index (χ1v) is 15.8. The lowest BCUT2D eigenvalue weighted by atomic mass is 9.93. The van der Waals surface area contributed by atoms with E-state index in [9.17, 15) is 14.7 Å². The van der Waals surface area contributed by atoms with Gasteiger partial charge in [-0.15, -0.1) is 0 Å². The molecule has 0 radical (unpaired) electrons. The largest absolute Gasteiger partial charge is 0.477 e. The lowest BCUT2D eigenvalue weighted by Crippen LogP contribution is -2.57. The summed E-state index contributed by atoms with van der Waals surface area (Å²) in [5.41, 5.74) is 0.982. The van der Waals surface area contributed by atoms with Gasteiger partial charge in [0.2, 0.25) is 11.3 Å². The number of hydrogen-bond acceptors (Lipinski definition) is 8. The Labute approximate surface area is 271 Å². The first-order chi connectivity index (χ1) is 21.5. The van der Waals surface area contributed by atoms with Gasteiger partial charge in [-0.1, -0.05) is 37.0 Å². The van der Waals surface area contributed by atoms with E-state index in [2.05, 4.69) is 52.6 Å². The fourth-order valence-corrected chi connectivity index (χ4v) is 6.59. The molecule has 236 valence electrons. The highest BCUT2D eigenvalue weighted by molar-refractivity contribution is 6.34. The molecule has 2 fully saturated rings. The first-order valence-electron chi connectivity index (χ1n) is 15.0. The molecule has 5 heterocycles. The number of pyridine rings is 3. The number of carbonyl (C=O) groups is 1. The number of carboxylic acids is 1. The molecule has 0 saturated carbocycles. The molecule has 3 aromatic heterocycles. The Bertz CT molecular complexity index is 1790. The van der Waals surface area contributed by atoms with Gasteiger partial charge in [0, 0.05) is 43.5 Å². The Morgan fingerprint density at radius 3 is 2.53 bits per heavy atom. The Balaban J connectivity index is 1.40. The molecule has 1 N–H and O–H groups in total. The lowest BCUT2D eigenvalue weighted by Gasteiger charge is -2.43. The fraction of sp³-hybridized carbons (Fsp3) is 0.394. The zero-order valence-corrected chi connectivity index (χ0v) is 27.2. The maximum atomic E-state index is 13.4. The summed E-state index contributed by atoms with van der Waals surface area (Å²) in [6.45, 7) is 7.25. The van der Waals surface area contributed by atoms with E-state index in [0.717, 1.165) is 37.6 Å². The molecule has 4 aromatic rings. The van der Waals surface area contributed by atoms with E-state index in [1.54, 1.807) is 35.2 Å². The molecule has 1 unspecified atom stereocenters. The minimum atomic E-state index is -1.31. The summed E-state index contributed by atoms with van der Waals surface area (Å²) in [4.78, 5) is 41.1. The molecule has 45 heavy (non-hydrogen) atoms. The zero-order valence-electron chi connectivity index (χ0n) is 25.7. The van der Waals surface area contributed by atoms with Crippen LogP contribution in [0.25, 0.3) is 16.6 Å². The molecular weight excluding hydrogens is 615 g/mol. The molecular formula is C33H36Cl2N6O4. The van der Waals surface area contributed by atoms with Crippen molar-refractivity contribution in [2.45, 2.75) is 32.4 Å². The van der Waals surface area contributed by atoms with Gasteiger partial charge in [0.05, 0.1) is 34.2 Å². The highest BCUT2D eigenvalue weighted by Crippen LogP contribution is 2.39. The Kier molecular flexibility index (Phi) is 8.65. The number of anilines is 2. The van der Waals surface area contributed by atoms with Crippen molar-refractivity contribution in [3.63, 3.8) is 0 Å². The molecule has 2 aliphatic heterocycles. The van der Waals surface area contributed by atoms with Crippen LogP contribution in [0, 0.1) is 11.8 Å². The number of fused-ring (bicyclic) bond motifs is 1. The number of nitrogens with zero attached hydrogens (tertiary/aromatic N) is 6. The SMILES string of the molecule is CC(C)C1C[C@H](COc2ncccc2Cl)N(c2cc3c(cc2Cl)c(=O)c(C(=O)O)cn3-c2ccc(N3CC(N(C)C)C3)nc2)C1. The fourth-order valence-electron chi connectivity index (χ4n) is 6.14. The second-order valence-corrected chi connectivity index (χ2v) is 13.2. The summed E-state index contributed by atoms with van der Waals surface area (Å²) in [6, 6.07) is 11.2. The van der Waals surface area contributed by atoms with Gasteiger partial charge in [-0.2, -0.15) is 0 Å². The van der Waals surface area contributed by atoms with E-state index in [4.69, 9.17) is 27.9 Å². The highest BCUT2D eigenvalue weighted by Gasteiger charge is 2.36. The summed E-state index contributed by atoms with van der Waals surface area (Å²) in [6.07, 6.45) is 5.59. The van der Waals surface area contributed by atoms with Crippen LogP contribution in [0.2, 0.25) is 10.0 Å². The Morgan fingerprint density at radius 2 is 1.89 bits per heavy atom. The summed E-state index contributed by atoms with van der Waals surface area (Å²) in [7, 11) is 4.13. The van der Waals surface area contributed by atoms with Gasteiger partial charge in [0.15, 0.2) is 0 Å². The molecule has 0 bridgehead atoms. The van der Waals surface area contributed by atoms with Gasteiger partial charge in [0.1, 0.15) is 23.0 Å². The zero-order chi connectivity index (χ0) is 32.0. The number of benzene rings is 1. The standard InChI is InChI=1S/C33H36Cl2N6O4/c1-19(2)20-10-22(18-45-32-26(34)6-5-9-36-32)40(14-20)29-12-28-24(11-27(29)35)31(42)25(33(43)44)17-41(28)21-7-8-30(37-13-21)39-15-23(16-39)38(3)4/h5-9,11-13,17,19-20,22-23H,10,14-16,18H2,1-4H3,(H,43,44)/t20?,22-/m1/s1. The normalized spacial score (nSPS) is 18.7. The van der Waals surface area contributed by atoms with Crippen LogP contribution in [0.1, 0.15) is 30.6 Å². The lowest BCUT2D eigenvalue weighted by molar-refractivity contribution is 0.0695. The summed E-state index contributed by atoms with van der Waals surface area (Å²) >= 11 is 13.2. The van der Waals surface area contributed by atoms with Gasteiger partial charge < -0.3 is 29.1 Å². The van der Waals surface area contributed by atoms with E-state index in [1.807, 2.05) is 18.2 Å². The third-order valence-electron chi connectivity index (χ3n) is 9.07. The number of ether oxygens (including phenoxy) is 1. The third kappa shape index (κ3) is 6.06. The number of hydrogen-bond donors (Lipinski definition) is 1. The van der Waals surface area contributed by atoms with E-state index in [0.29, 0.717) is 51.6 Å². The number of rotatable bonds is 9. The predicted octanol–water partition coefficient (Wildman–Crippen LogP) is 5.47. The van der Waals surface area contributed by atoms with Gasteiger partial charge in [-0.3, -0.25) is 4.79 Å². The van der Waals surface area contributed by atoms with Crippen molar-refractivity contribution in [3.05, 3.63) is 80.8 Å². The number of carboxylic acid groups (broad SMARTS) is 1. The van der Waals surface area contributed by atoms with E-state index >= 15 is 0 Å². The molecule has 2 saturated heterocycles. The molecule has 0 aliphatic carbocycles. The number of likely N-dealkylation sites (N-methyl/N-ethyl adjacent to an activating group) is 1. The van der Waals surface area contributed by atoms with Crippen LogP contribution in [0.4, 0.5) is 11.5 Å². The van der Waals surface area contributed by atoms with Crippen LogP contribution < -0.4 is 20.0 Å². The van der Waals surface area contributed by atoms with Gasteiger partial charge >= 0.3 is 5.97 Å². The van der Waals surface area contributed by atoms with Crippen molar-refractivity contribution in [1.29, 1.82) is 0 Å². The molecule has 10 nitrogen and oxygen atoms in total. The number of halogens is 2. The van der Waals surface area contributed by atoms with Crippen molar-refractivity contribution in [1.82, 2.24) is 19.4 Å². The maximum Gasteiger partial charge on any atom is 0.341 e. The van der Waals surface area contributed by atoms with Crippen molar-refractivity contribution < 1.29 is 14.6 Å². The number of aromatic carboxylic acids is 1. The van der Waals surface area contributed by atoms with Crippen LogP contribution in [0.5, 0.6) is 5.88 Å². The summed E-state index contributed by atoms with van der Waals surface area (Å²) in [5, 5.41) is 10.9. The molecule has 0 spiro atoms. The van der Waals surface area contributed by atoms with Crippen LogP contribution in [-0.2, 0) is 0 Å². The minimum Gasteiger partial charge on any atom is -0.477 e. The first kappa shape index (κ1) is 31.1. The second-order valence-electron chi connectivity index (χ2n) is 12.4. The third-order valence-corrected chi connectivity index (χ3v) is 9.66. The highest BCUT2D eigenvalue weighted by atomic mass is 35.5. The van der Waals surface area contributed by atoms with Crippen molar-refractivity contribution >= 4 is 51.6 Å². The molecule has 1 aromatic carbocycles. The van der Waals surface area contributed by atoms with Gasteiger partial charge in [-0.05, 0) is 68.8 Å². The Morgan fingerprint density at radius 1 is 1.11 bits per heavy atom. The van der Waals surface area contributed by atoms with E-state index in [-0.39, 0.29) is 17.0 Å². The average Bonchev–Trinajstić information content (AvgIpc) is 3.41. The maximum absolute atomic E-state index is 13.4. The topological polar surface area (TPSA) is 104 Å². The molecule has 0 amide bonds. The predicted molar refractivity (Wildman–Crippen MR) is 178 cm³/mol. The van der Waals surface area contributed by atoms with Crippen molar-refractivity contribution in [3.8, 4) is 11.6 Å². The molecule has 12 heteroatoms. The van der Waals surface area contributed by atoms with E-state index in [1.165, 1.54) is 6.20 Å². The van der Waals surface area contributed by atoms with Crippen molar-refractivity contribution in [2.75, 3.05) is 50.1 Å². The molecule has 6 rings (SSSR count). The average molecular weight is 652 g/mol. The van der Waals surface area contributed by atoms with Crippen LogP contribution in [0.3, 0.4) is 0 Å². The minimum absolute atomic E-state index is 0.0349. The second kappa shape index (κ2) is 12.5. The van der Waals surface area contributed by atoms with Crippen LogP contribution in [0.15, 0.2) is 59.8 Å². The smallest absolute Gasteiger partial charge is 0.341 e. The molecule has 2 aliphatic rings. The van der Waals surface area contributed by atoms with Crippen LogP contribution >= 0.6 is 23.2 Å². The van der Waals surface area contributed by atoms with Crippen LogP contribution in [-0.4, -0.2) is 82.9 Å². The van der Waals surface area contributed by atoms with E-state index < -0.39 is 11.4 Å². The summed E-state index contributed by atoms with van der Waals surface area (Å²) in [5.74, 6) is 0.720. The quantitative estimate of drug-likeness (QED) is 0.253.